The van der Waals surface area contributed by atoms with Crippen LogP contribution in [-0.2, 0) is 11.2 Å². The molecule has 4 heteroatoms. The molecule has 4 nitrogen and oxygen atoms in total. The summed E-state index contributed by atoms with van der Waals surface area (Å²) in [6, 6.07) is 8.06. The van der Waals surface area contributed by atoms with E-state index in [1.807, 2.05) is 45.0 Å². The Morgan fingerprint density at radius 3 is 2.10 bits per heavy atom. The van der Waals surface area contributed by atoms with Gasteiger partial charge in [-0.15, -0.1) is 0 Å². The Balaban J connectivity index is 2.34. The van der Waals surface area contributed by atoms with E-state index in [-0.39, 0.29) is 6.42 Å². The summed E-state index contributed by atoms with van der Waals surface area (Å²) in [5.74, 6) is -0.106. The van der Waals surface area contributed by atoms with Crippen molar-refractivity contribution in [3.8, 4) is 11.4 Å². The lowest BCUT2D eigenvalue weighted by Gasteiger charge is -2.10. The Labute approximate surface area is 118 Å². The molecule has 0 saturated carbocycles. The molecular weight excluding hydrogens is 252 g/mol. The Hall–Kier alpha value is -2.23. The molecule has 1 aromatic carbocycles. The van der Waals surface area contributed by atoms with Crippen molar-refractivity contribution < 1.29 is 9.90 Å². The van der Waals surface area contributed by atoms with Crippen LogP contribution in [0, 0.1) is 20.8 Å². The zero-order valence-electron chi connectivity index (χ0n) is 12.0. The highest BCUT2D eigenvalue weighted by atomic mass is 16.4. The molecule has 0 bridgehead atoms. The van der Waals surface area contributed by atoms with Gasteiger partial charge in [-0.25, -0.2) is 9.97 Å². The maximum atomic E-state index is 10.7. The van der Waals surface area contributed by atoms with E-state index in [9.17, 15) is 4.79 Å². The molecule has 0 saturated heterocycles. The molecule has 0 aliphatic heterocycles. The van der Waals surface area contributed by atoms with Crippen LogP contribution < -0.4 is 0 Å². The van der Waals surface area contributed by atoms with Gasteiger partial charge in [-0.1, -0.05) is 29.8 Å². The molecular formula is C16H18N2O2. The molecule has 2 rings (SSSR count). The van der Waals surface area contributed by atoms with Crippen LogP contribution in [0.15, 0.2) is 24.3 Å². The summed E-state index contributed by atoms with van der Waals surface area (Å²) in [4.78, 5) is 19.7. The van der Waals surface area contributed by atoms with E-state index in [1.54, 1.807) is 0 Å². The average molecular weight is 270 g/mol. The van der Waals surface area contributed by atoms with Gasteiger partial charge in [-0.3, -0.25) is 4.79 Å². The van der Waals surface area contributed by atoms with Crippen molar-refractivity contribution in [3.63, 3.8) is 0 Å². The van der Waals surface area contributed by atoms with E-state index in [1.165, 1.54) is 5.56 Å². The molecule has 0 radical (unpaired) electrons. The van der Waals surface area contributed by atoms with Crippen molar-refractivity contribution in [1.82, 2.24) is 9.97 Å². The molecule has 0 aliphatic rings. The van der Waals surface area contributed by atoms with Crippen LogP contribution in [0.5, 0.6) is 0 Å². The first-order valence-electron chi connectivity index (χ1n) is 6.60. The van der Waals surface area contributed by atoms with Crippen molar-refractivity contribution in [2.24, 2.45) is 0 Å². The van der Waals surface area contributed by atoms with Crippen molar-refractivity contribution >= 4 is 5.97 Å². The predicted molar refractivity (Wildman–Crippen MR) is 77.6 cm³/mol. The Bertz CT molecular complexity index is 610. The highest BCUT2D eigenvalue weighted by Crippen LogP contribution is 2.20. The lowest BCUT2D eigenvalue weighted by Crippen LogP contribution is -2.05. The van der Waals surface area contributed by atoms with Gasteiger partial charge >= 0.3 is 5.97 Å². The van der Waals surface area contributed by atoms with Crippen LogP contribution >= 0.6 is 0 Å². The minimum absolute atomic E-state index is 0.106. The highest BCUT2D eigenvalue weighted by Gasteiger charge is 2.11. The number of aryl methyl sites for hydroxylation is 3. The second kappa shape index (κ2) is 5.82. The third-order valence-corrected chi connectivity index (χ3v) is 3.32. The third kappa shape index (κ3) is 3.20. The zero-order chi connectivity index (χ0) is 14.7. The van der Waals surface area contributed by atoms with Gasteiger partial charge in [0.05, 0.1) is 0 Å². The molecule has 104 valence electrons. The van der Waals surface area contributed by atoms with Gasteiger partial charge in [0.2, 0.25) is 0 Å². The normalized spacial score (nSPS) is 10.6. The summed E-state index contributed by atoms with van der Waals surface area (Å²) in [6.07, 6.45) is 0.579. The number of nitrogens with zero attached hydrogens (tertiary/aromatic N) is 2. The highest BCUT2D eigenvalue weighted by molar-refractivity contribution is 5.67. The van der Waals surface area contributed by atoms with E-state index >= 15 is 0 Å². The predicted octanol–water partition coefficient (Wildman–Crippen LogP) is 3.09. The number of carboxylic acid groups (broad SMARTS) is 1. The fourth-order valence-electron chi connectivity index (χ4n) is 2.16. The third-order valence-electron chi connectivity index (χ3n) is 3.32. The van der Waals surface area contributed by atoms with Crippen LogP contribution in [-0.4, -0.2) is 21.0 Å². The number of aromatic nitrogens is 2. The smallest absolute Gasteiger partial charge is 0.303 e. The van der Waals surface area contributed by atoms with E-state index in [2.05, 4.69) is 9.97 Å². The molecule has 20 heavy (non-hydrogen) atoms. The van der Waals surface area contributed by atoms with Crippen LogP contribution in [0.1, 0.15) is 28.9 Å². The number of rotatable bonds is 4. The van der Waals surface area contributed by atoms with Crippen molar-refractivity contribution in [2.45, 2.75) is 33.6 Å². The van der Waals surface area contributed by atoms with E-state index in [0.717, 1.165) is 22.5 Å². The van der Waals surface area contributed by atoms with Gasteiger partial charge in [-0.05, 0) is 32.8 Å². The number of aliphatic carboxylic acids is 1. The summed E-state index contributed by atoms with van der Waals surface area (Å²) in [7, 11) is 0. The van der Waals surface area contributed by atoms with Crippen LogP contribution in [0.3, 0.4) is 0 Å². The van der Waals surface area contributed by atoms with E-state index in [0.29, 0.717) is 12.2 Å². The first-order valence-corrected chi connectivity index (χ1v) is 6.60. The molecule has 0 amide bonds. The molecule has 1 N–H and O–H groups in total. The van der Waals surface area contributed by atoms with Gasteiger partial charge in [0.25, 0.3) is 0 Å². The minimum atomic E-state index is -0.800. The monoisotopic (exact) mass is 270 g/mol. The van der Waals surface area contributed by atoms with Gasteiger partial charge in [0.15, 0.2) is 5.82 Å². The number of hydrogen-bond donors (Lipinski definition) is 1. The Kier molecular flexibility index (Phi) is 4.13. The lowest BCUT2D eigenvalue weighted by atomic mass is 10.1. The fourth-order valence-corrected chi connectivity index (χ4v) is 2.16. The topological polar surface area (TPSA) is 63.1 Å². The molecule has 0 spiro atoms. The molecule has 0 aliphatic carbocycles. The number of benzene rings is 1. The summed E-state index contributed by atoms with van der Waals surface area (Å²) < 4.78 is 0. The fraction of sp³-hybridized carbons (Fsp3) is 0.312. The van der Waals surface area contributed by atoms with Gasteiger partial charge in [0, 0.05) is 23.4 Å². The molecule has 0 atom stereocenters. The number of carbonyl (C=O) groups is 1. The maximum absolute atomic E-state index is 10.7. The van der Waals surface area contributed by atoms with Crippen molar-refractivity contribution in [3.05, 3.63) is 46.8 Å². The Morgan fingerprint density at radius 2 is 1.60 bits per heavy atom. The zero-order valence-corrected chi connectivity index (χ0v) is 12.0. The average Bonchev–Trinajstić information content (AvgIpc) is 2.38. The molecule has 2 aromatic rings. The summed E-state index contributed by atoms with van der Waals surface area (Å²) in [5.41, 5.74) is 4.82. The van der Waals surface area contributed by atoms with Gasteiger partial charge < -0.3 is 5.11 Å². The van der Waals surface area contributed by atoms with Crippen LogP contribution in [0.25, 0.3) is 11.4 Å². The van der Waals surface area contributed by atoms with Crippen LogP contribution in [0.2, 0.25) is 0 Å². The second-order valence-electron chi connectivity index (χ2n) is 4.96. The standard InChI is InChI=1S/C16H18N2O2/c1-10-4-6-13(7-5-10)16-17-11(2)14(12(3)18-16)8-9-15(19)20/h4-7H,8-9H2,1-3H3,(H,19,20). The summed E-state index contributed by atoms with van der Waals surface area (Å²) in [5, 5.41) is 8.77. The molecule has 1 heterocycles. The van der Waals surface area contributed by atoms with Gasteiger partial charge in [-0.2, -0.15) is 0 Å². The first kappa shape index (κ1) is 14.2. The van der Waals surface area contributed by atoms with E-state index in [4.69, 9.17) is 5.11 Å². The Morgan fingerprint density at radius 1 is 1.05 bits per heavy atom. The summed E-state index contributed by atoms with van der Waals surface area (Å²) in [6.45, 7) is 5.85. The SMILES string of the molecule is Cc1ccc(-c2nc(C)c(CCC(=O)O)c(C)n2)cc1. The number of carboxylic acids is 1. The van der Waals surface area contributed by atoms with Crippen LogP contribution in [0.4, 0.5) is 0 Å². The van der Waals surface area contributed by atoms with E-state index < -0.39 is 5.97 Å². The van der Waals surface area contributed by atoms with Crippen molar-refractivity contribution in [1.29, 1.82) is 0 Å². The summed E-state index contributed by atoms with van der Waals surface area (Å²) >= 11 is 0. The van der Waals surface area contributed by atoms with Crippen molar-refractivity contribution in [2.75, 3.05) is 0 Å². The number of hydrogen-bond acceptors (Lipinski definition) is 3. The molecule has 0 fully saturated rings. The first-order chi connectivity index (χ1) is 9.47. The quantitative estimate of drug-likeness (QED) is 0.927. The second-order valence-corrected chi connectivity index (χ2v) is 4.96. The molecule has 0 unspecified atom stereocenters. The maximum Gasteiger partial charge on any atom is 0.303 e. The van der Waals surface area contributed by atoms with Gasteiger partial charge in [0.1, 0.15) is 0 Å². The minimum Gasteiger partial charge on any atom is -0.481 e. The lowest BCUT2D eigenvalue weighted by molar-refractivity contribution is -0.136. The largest absolute Gasteiger partial charge is 0.481 e. The molecule has 1 aromatic heterocycles.